The van der Waals surface area contributed by atoms with E-state index in [9.17, 15) is 13.6 Å². The highest BCUT2D eigenvalue weighted by Crippen LogP contribution is 2.26. The number of aryl methyl sites for hydroxylation is 1. The first-order valence-corrected chi connectivity index (χ1v) is 6.91. The normalized spacial score (nSPS) is 10.5. The molecule has 0 bridgehead atoms. The highest BCUT2D eigenvalue weighted by molar-refractivity contribution is 6.42. The molecule has 0 aliphatic heterocycles. The van der Waals surface area contributed by atoms with Gasteiger partial charge in [-0.3, -0.25) is 4.79 Å². The second kappa shape index (κ2) is 6.87. The summed E-state index contributed by atoms with van der Waals surface area (Å²) >= 11 is 11.9. The zero-order valence-electron chi connectivity index (χ0n) is 10.8. The molecule has 0 aliphatic rings. The number of hydrogen-bond acceptors (Lipinski definition) is 1. The van der Waals surface area contributed by atoms with Crippen molar-refractivity contribution in [2.75, 3.05) is 5.32 Å². The minimum absolute atomic E-state index is 0.0569. The molecule has 0 heterocycles. The van der Waals surface area contributed by atoms with Crippen LogP contribution in [0, 0.1) is 11.6 Å². The van der Waals surface area contributed by atoms with E-state index in [0.717, 1.165) is 11.6 Å². The number of carbonyl (C=O) groups excluding carboxylic acids is 1. The second-order valence-electron chi connectivity index (χ2n) is 4.39. The molecule has 2 aromatic carbocycles. The van der Waals surface area contributed by atoms with Gasteiger partial charge in [-0.1, -0.05) is 35.3 Å². The van der Waals surface area contributed by atoms with Crippen LogP contribution in [0.1, 0.15) is 12.0 Å². The predicted molar refractivity (Wildman–Crippen MR) is 79.8 cm³/mol. The van der Waals surface area contributed by atoms with Crippen LogP contribution in [-0.2, 0) is 11.2 Å². The van der Waals surface area contributed by atoms with Crippen molar-refractivity contribution >= 4 is 34.8 Å². The Kier molecular flexibility index (Phi) is 5.15. The number of amides is 1. The quantitative estimate of drug-likeness (QED) is 0.854. The molecule has 0 saturated heterocycles. The van der Waals surface area contributed by atoms with Gasteiger partial charge in [-0.05, 0) is 30.2 Å². The fraction of sp³-hybridized carbons (Fsp3) is 0.133. The van der Waals surface area contributed by atoms with Gasteiger partial charge in [0.2, 0.25) is 5.91 Å². The summed E-state index contributed by atoms with van der Waals surface area (Å²) in [5.41, 5.74) is 0.678. The van der Waals surface area contributed by atoms with Gasteiger partial charge in [0.15, 0.2) is 0 Å². The molecule has 2 nitrogen and oxygen atoms in total. The van der Waals surface area contributed by atoms with Crippen LogP contribution in [0.4, 0.5) is 14.5 Å². The second-order valence-corrected chi connectivity index (χ2v) is 5.17. The van der Waals surface area contributed by atoms with E-state index >= 15 is 0 Å². The monoisotopic (exact) mass is 329 g/mol. The maximum Gasteiger partial charge on any atom is 0.224 e. The van der Waals surface area contributed by atoms with Gasteiger partial charge in [-0.15, -0.1) is 0 Å². The van der Waals surface area contributed by atoms with Crippen molar-refractivity contribution in [2.24, 2.45) is 0 Å². The maximum atomic E-state index is 13.4. The van der Waals surface area contributed by atoms with Crippen molar-refractivity contribution in [3.05, 3.63) is 63.6 Å². The first kappa shape index (κ1) is 15.7. The van der Waals surface area contributed by atoms with E-state index in [0.29, 0.717) is 22.5 Å². The molecule has 0 aliphatic carbocycles. The van der Waals surface area contributed by atoms with Crippen molar-refractivity contribution in [1.29, 1.82) is 0 Å². The number of nitrogens with one attached hydrogen (secondary N) is 1. The number of halogens is 4. The third-order valence-electron chi connectivity index (χ3n) is 2.86. The topological polar surface area (TPSA) is 29.1 Å². The van der Waals surface area contributed by atoms with Crippen molar-refractivity contribution in [3.8, 4) is 0 Å². The Morgan fingerprint density at radius 1 is 1.14 bits per heavy atom. The van der Waals surface area contributed by atoms with Crippen molar-refractivity contribution in [1.82, 2.24) is 0 Å². The van der Waals surface area contributed by atoms with Crippen LogP contribution >= 0.6 is 23.2 Å². The van der Waals surface area contributed by atoms with Gasteiger partial charge < -0.3 is 5.32 Å². The van der Waals surface area contributed by atoms with Crippen LogP contribution in [0.25, 0.3) is 0 Å². The van der Waals surface area contributed by atoms with E-state index in [-0.39, 0.29) is 12.1 Å². The summed E-state index contributed by atoms with van der Waals surface area (Å²) < 4.78 is 26.2. The minimum atomic E-state index is -0.816. The van der Waals surface area contributed by atoms with Gasteiger partial charge in [0.25, 0.3) is 0 Å². The van der Waals surface area contributed by atoms with Gasteiger partial charge in [0, 0.05) is 12.5 Å². The molecule has 0 radical (unpaired) electrons. The number of rotatable bonds is 4. The third kappa shape index (κ3) is 4.16. The molecule has 2 rings (SSSR count). The summed E-state index contributed by atoms with van der Waals surface area (Å²) in [7, 11) is 0. The van der Waals surface area contributed by atoms with E-state index in [1.807, 2.05) is 0 Å². The molecule has 0 atom stereocenters. The lowest BCUT2D eigenvalue weighted by molar-refractivity contribution is -0.116. The van der Waals surface area contributed by atoms with Crippen LogP contribution < -0.4 is 5.32 Å². The Bertz CT molecular complexity index is 677. The molecule has 6 heteroatoms. The molecule has 0 aromatic heterocycles. The smallest absolute Gasteiger partial charge is 0.224 e. The summed E-state index contributed by atoms with van der Waals surface area (Å²) in [5, 5.41) is 3.20. The lowest BCUT2D eigenvalue weighted by Crippen LogP contribution is -2.13. The SMILES string of the molecule is O=C(CCc1cccc(Cl)c1Cl)Nc1ccc(F)cc1F. The highest BCUT2D eigenvalue weighted by Gasteiger charge is 2.10. The zero-order chi connectivity index (χ0) is 15.4. The van der Waals surface area contributed by atoms with E-state index in [2.05, 4.69) is 5.32 Å². The average Bonchev–Trinajstić information content (AvgIpc) is 2.43. The lowest BCUT2D eigenvalue weighted by Gasteiger charge is -2.08. The number of carbonyl (C=O) groups is 1. The number of hydrogen-bond donors (Lipinski definition) is 1. The standard InChI is InChI=1S/C15H11Cl2F2NO/c16-11-3-1-2-9(15(11)17)4-7-14(21)20-13-6-5-10(18)8-12(13)19/h1-3,5-6,8H,4,7H2,(H,20,21). The van der Waals surface area contributed by atoms with Crippen LogP contribution in [0.15, 0.2) is 36.4 Å². The van der Waals surface area contributed by atoms with Gasteiger partial charge in [0.05, 0.1) is 15.7 Å². The minimum Gasteiger partial charge on any atom is -0.324 e. The molecular weight excluding hydrogens is 319 g/mol. The molecule has 0 fully saturated rings. The summed E-state index contributed by atoms with van der Waals surface area (Å²) in [6.45, 7) is 0. The zero-order valence-corrected chi connectivity index (χ0v) is 12.3. The largest absolute Gasteiger partial charge is 0.324 e. The van der Waals surface area contributed by atoms with Gasteiger partial charge in [-0.2, -0.15) is 0 Å². The summed E-state index contributed by atoms with van der Waals surface area (Å²) in [6, 6.07) is 8.12. The van der Waals surface area contributed by atoms with Gasteiger partial charge >= 0.3 is 0 Å². The summed E-state index contributed by atoms with van der Waals surface area (Å²) in [5.74, 6) is -1.91. The summed E-state index contributed by atoms with van der Waals surface area (Å²) in [4.78, 5) is 11.8. The van der Waals surface area contributed by atoms with Crippen molar-refractivity contribution in [2.45, 2.75) is 12.8 Å². The molecule has 0 saturated carbocycles. The molecule has 1 N–H and O–H groups in total. The van der Waals surface area contributed by atoms with Crippen molar-refractivity contribution in [3.63, 3.8) is 0 Å². The number of anilines is 1. The predicted octanol–water partition coefficient (Wildman–Crippen LogP) is 4.84. The fourth-order valence-corrected chi connectivity index (χ4v) is 2.21. The molecule has 110 valence electrons. The van der Waals surface area contributed by atoms with E-state index in [1.54, 1.807) is 18.2 Å². The van der Waals surface area contributed by atoms with Crippen LogP contribution in [-0.4, -0.2) is 5.91 Å². The van der Waals surface area contributed by atoms with Crippen LogP contribution in [0.2, 0.25) is 10.0 Å². The first-order chi connectivity index (χ1) is 9.97. The molecule has 2 aromatic rings. The highest BCUT2D eigenvalue weighted by atomic mass is 35.5. The molecular formula is C15H11Cl2F2NO. The lowest BCUT2D eigenvalue weighted by atomic mass is 10.1. The van der Waals surface area contributed by atoms with Gasteiger partial charge in [-0.25, -0.2) is 8.78 Å². The molecule has 0 unspecified atom stereocenters. The van der Waals surface area contributed by atoms with Crippen molar-refractivity contribution < 1.29 is 13.6 Å². The average molecular weight is 330 g/mol. The Hall–Kier alpha value is -1.65. The molecule has 0 spiro atoms. The number of benzene rings is 2. The van der Waals surface area contributed by atoms with Crippen LogP contribution in [0.5, 0.6) is 0 Å². The maximum absolute atomic E-state index is 13.4. The third-order valence-corrected chi connectivity index (χ3v) is 3.72. The Balaban J connectivity index is 1.97. The van der Waals surface area contributed by atoms with Crippen LogP contribution in [0.3, 0.4) is 0 Å². The molecule has 21 heavy (non-hydrogen) atoms. The fourth-order valence-electron chi connectivity index (χ4n) is 1.79. The Morgan fingerprint density at radius 3 is 2.62 bits per heavy atom. The van der Waals surface area contributed by atoms with E-state index < -0.39 is 17.5 Å². The Labute approximate surface area is 130 Å². The molecule has 1 amide bonds. The van der Waals surface area contributed by atoms with E-state index in [4.69, 9.17) is 23.2 Å². The van der Waals surface area contributed by atoms with Gasteiger partial charge in [0.1, 0.15) is 11.6 Å². The van der Waals surface area contributed by atoms with E-state index in [1.165, 1.54) is 6.07 Å². The Morgan fingerprint density at radius 2 is 1.90 bits per heavy atom. The summed E-state index contributed by atoms with van der Waals surface area (Å²) in [6.07, 6.45) is 0.477. The first-order valence-electron chi connectivity index (χ1n) is 6.15.